The van der Waals surface area contributed by atoms with Crippen molar-refractivity contribution in [2.24, 2.45) is 0 Å². The summed E-state index contributed by atoms with van der Waals surface area (Å²) in [5, 5.41) is 11.3. The summed E-state index contributed by atoms with van der Waals surface area (Å²) in [6.07, 6.45) is 0. The smallest absolute Gasteiger partial charge is 0.329 e. The maximum absolute atomic E-state index is 11.2. The Morgan fingerprint density at radius 2 is 2.11 bits per heavy atom. The third kappa shape index (κ3) is 1.49. The summed E-state index contributed by atoms with van der Waals surface area (Å²) < 4.78 is 5.55. The van der Waals surface area contributed by atoms with Crippen LogP contribution in [0.15, 0.2) is 36.4 Å². The number of aliphatic carboxylic acids is 1. The van der Waals surface area contributed by atoms with E-state index in [0.29, 0.717) is 0 Å². The number of carbonyl (C=O) groups is 1. The number of fused-ring (bicyclic) bond motifs is 3. The lowest BCUT2D eigenvalue weighted by atomic mass is 10.0. The zero-order valence-electron chi connectivity index (χ0n) is 9.96. The van der Waals surface area contributed by atoms with Crippen LogP contribution in [0.1, 0.15) is 0 Å². The van der Waals surface area contributed by atoms with Crippen molar-refractivity contribution in [3.8, 4) is 5.75 Å². The molecule has 1 atom stereocenters. The first-order chi connectivity index (χ1) is 8.68. The molecule has 0 aliphatic carbocycles. The van der Waals surface area contributed by atoms with Crippen molar-refractivity contribution < 1.29 is 14.6 Å². The SMILES string of the molecule is CN1c2c(ccc3ccccc23)OCC1C(=O)O. The monoisotopic (exact) mass is 243 g/mol. The van der Waals surface area contributed by atoms with Gasteiger partial charge in [0, 0.05) is 12.4 Å². The maximum atomic E-state index is 11.2. The van der Waals surface area contributed by atoms with Gasteiger partial charge in [-0.15, -0.1) is 0 Å². The van der Waals surface area contributed by atoms with Gasteiger partial charge < -0.3 is 14.7 Å². The van der Waals surface area contributed by atoms with Gasteiger partial charge in [0.15, 0.2) is 6.04 Å². The topological polar surface area (TPSA) is 49.8 Å². The van der Waals surface area contributed by atoms with Gasteiger partial charge in [-0.1, -0.05) is 30.3 Å². The highest BCUT2D eigenvalue weighted by molar-refractivity contribution is 5.99. The Kier molecular flexibility index (Phi) is 2.37. The lowest BCUT2D eigenvalue weighted by Crippen LogP contribution is -2.46. The molecule has 2 aromatic carbocycles. The van der Waals surface area contributed by atoms with Crippen molar-refractivity contribution in [3.63, 3.8) is 0 Å². The van der Waals surface area contributed by atoms with Gasteiger partial charge in [0.2, 0.25) is 0 Å². The molecule has 0 saturated carbocycles. The van der Waals surface area contributed by atoms with Crippen LogP contribution < -0.4 is 9.64 Å². The Morgan fingerprint density at radius 1 is 1.33 bits per heavy atom. The van der Waals surface area contributed by atoms with E-state index in [0.717, 1.165) is 22.2 Å². The minimum atomic E-state index is -0.865. The van der Waals surface area contributed by atoms with Gasteiger partial charge in [0.1, 0.15) is 12.4 Å². The third-order valence-corrected chi connectivity index (χ3v) is 3.37. The van der Waals surface area contributed by atoms with Crippen molar-refractivity contribution in [2.45, 2.75) is 6.04 Å². The molecule has 4 nitrogen and oxygen atoms in total. The molecule has 0 amide bonds. The van der Waals surface area contributed by atoms with Crippen LogP contribution in [0.2, 0.25) is 0 Å². The van der Waals surface area contributed by atoms with E-state index in [2.05, 4.69) is 0 Å². The summed E-state index contributed by atoms with van der Waals surface area (Å²) in [7, 11) is 1.80. The minimum Gasteiger partial charge on any atom is -0.489 e. The number of nitrogens with zero attached hydrogens (tertiary/aromatic N) is 1. The summed E-state index contributed by atoms with van der Waals surface area (Å²) >= 11 is 0. The number of carboxylic acid groups (broad SMARTS) is 1. The number of hydrogen-bond donors (Lipinski definition) is 1. The molecule has 1 aliphatic rings. The van der Waals surface area contributed by atoms with Crippen molar-refractivity contribution in [2.75, 3.05) is 18.6 Å². The Bertz CT molecular complexity index is 623. The first-order valence-corrected chi connectivity index (χ1v) is 5.78. The van der Waals surface area contributed by atoms with Crippen molar-refractivity contribution in [1.29, 1.82) is 0 Å². The van der Waals surface area contributed by atoms with E-state index in [1.807, 2.05) is 36.4 Å². The molecule has 4 heteroatoms. The Balaban J connectivity index is 2.23. The molecule has 1 N–H and O–H groups in total. The number of carboxylic acids is 1. The van der Waals surface area contributed by atoms with Gasteiger partial charge in [0.25, 0.3) is 0 Å². The lowest BCUT2D eigenvalue weighted by Gasteiger charge is -2.34. The van der Waals surface area contributed by atoms with Crippen molar-refractivity contribution in [3.05, 3.63) is 36.4 Å². The van der Waals surface area contributed by atoms with Gasteiger partial charge in [-0.05, 0) is 11.5 Å². The molecule has 18 heavy (non-hydrogen) atoms. The molecular formula is C14H13NO3. The lowest BCUT2D eigenvalue weighted by molar-refractivity contribution is -0.139. The Morgan fingerprint density at radius 3 is 2.89 bits per heavy atom. The fourth-order valence-electron chi connectivity index (χ4n) is 2.39. The largest absolute Gasteiger partial charge is 0.489 e. The summed E-state index contributed by atoms with van der Waals surface area (Å²) in [4.78, 5) is 13.0. The van der Waals surface area contributed by atoms with E-state index >= 15 is 0 Å². The molecule has 0 spiro atoms. The van der Waals surface area contributed by atoms with E-state index in [1.165, 1.54) is 0 Å². The average Bonchev–Trinajstić information content (AvgIpc) is 2.38. The van der Waals surface area contributed by atoms with Gasteiger partial charge >= 0.3 is 5.97 Å². The molecule has 1 unspecified atom stereocenters. The number of benzene rings is 2. The van der Waals surface area contributed by atoms with E-state index in [-0.39, 0.29) is 6.61 Å². The Labute approximate surface area is 104 Å². The van der Waals surface area contributed by atoms with E-state index in [9.17, 15) is 9.90 Å². The highest BCUT2D eigenvalue weighted by atomic mass is 16.5. The first kappa shape index (κ1) is 10.9. The van der Waals surface area contributed by atoms with Crippen LogP contribution in [0.5, 0.6) is 5.75 Å². The predicted octanol–water partition coefficient (Wildman–Crippen LogP) is 2.12. The predicted molar refractivity (Wildman–Crippen MR) is 69.3 cm³/mol. The molecule has 0 aromatic heterocycles. The molecule has 0 saturated heterocycles. The normalized spacial score (nSPS) is 18.3. The molecule has 3 rings (SSSR count). The number of hydrogen-bond acceptors (Lipinski definition) is 3. The van der Waals surface area contributed by atoms with Crippen LogP contribution in [0.3, 0.4) is 0 Å². The van der Waals surface area contributed by atoms with E-state index in [1.54, 1.807) is 11.9 Å². The minimum absolute atomic E-state index is 0.178. The molecule has 2 aromatic rings. The summed E-state index contributed by atoms with van der Waals surface area (Å²) in [6, 6.07) is 11.2. The zero-order chi connectivity index (χ0) is 12.7. The zero-order valence-corrected chi connectivity index (χ0v) is 9.96. The molecule has 1 aliphatic heterocycles. The van der Waals surface area contributed by atoms with Crippen LogP contribution in [-0.4, -0.2) is 30.8 Å². The average molecular weight is 243 g/mol. The molecule has 1 heterocycles. The number of ether oxygens (including phenoxy) is 1. The van der Waals surface area contributed by atoms with E-state index < -0.39 is 12.0 Å². The summed E-state index contributed by atoms with van der Waals surface area (Å²) in [5.74, 6) is -0.121. The van der Waals surface area contributed by atoms with Crippen LogP contribution in [0, 0.1) is 0 Å². The summed E-state index contributed by atoms with van der Waals surface area (Å²) in [5.41, 5.74) is 0.853. The molecule has 92 valence electrons. The highest BCUT2D eigenvalue weighted by Crippen LogP contribution is 2.39. The van der Waals surface area contributed by atoms with Gasteiger partial charge in [-0.2, -0.15) is 0 Å². The quantitative estimate of drug-likeness (QED) is 0.833. The molecule has 0 fully saturated rings. The van der Waals surface area contributed by atoms with Crippen molar-refractivity contribution in [1.82, 2.24) is 0 Å². The first-order valence-electron chi connectivity index (χ1n) is 5.78. The van der Waals surface area contributed by atoms with Gasteiger partial charge in [-0.25, -0.2) is 4.79 Å². The van der Waals surface area contributed by atoms with Crippen LogP contribution in [0.25, 0.3) is 10.8 Å². The molecular weight excluding hydrogens is 230 g/mol. The van der Waals surface area contributed by atoms with Crippen LogP contribution >= 0.6 is 0 Å². The van der Waals surface area contributed by atoms with Crippen LogP contribution in [0.4, 0.5) is 5.69 Å². The Hall–Kier alpha value is -2.23. The number of likely N-dealkylation sites (N-methyl/N-ethyl adjacent to an activating group) is 1. The summed E-state index contributed by atoms with van der Waals surface area (Å²) in [6.45, 7) is 0.178. The second-order valence-electron chi connectivity index (χ2n) is 4.41. The van der Waals surface area contributed by atoms with Gasteiger partial charge in [-0.3, -0.25) is 0 Å². The standard InChI is InChI=1S/C14H13NO3/c1-15-11(14(16)17)8-18-12-7-6-9-4-2-3-5-10(9)13(12)15/h2-7,11H,8H2,1H3,(H,16,17). The fourth-order valence-corrected chi connectivity index (χ4v) is 2.39. The second kappa shape index (κ2) is 3.91. The molecule has 0 bridgehead atoms. The van der Waals surface area contributed by atoms with Gasteiger partial charge in [0.05, 0.1) is 5.69 Å². The maximum Gasteiger partial charge on any atom is 0.329 e. The third-order valence-electron chi connectivity index (χ3n) is 3.37. The molecule has 0 radical (unpaired) electrons. The highest BCUT2D eigenvalue weighted by Gasteiger charge is 2.31. The second-order valence-corrected chi connectivity index (χ2v) is 4.41. The van der Waals surface area contributed by atoms with Crippen LogP contribution in [-0.2, 0) is 4.79 Å². The fraction of sp³-hybridized carbons (Fsp3) is 0.214. The number of anilines is 1. The number of rotatable bonds is 1. The van der Waals surface area contributed by atoms with E-state index in [4.69, 9.17) is 4.74 Å². The van der Waals surface area contributed by atoms with Crippen molar-refractivity contribution >= 4 is 22.4 Å².